The van der Waals surface area contributed by atoms with Gasteiger partial charge in [0.25, 0.3) is 0 Å². The second-order valence-electron chi connectivity index (χ2n) is 5.49. The van der Waals surface area contributed by atoms with Crippen molar-refractivity contribution in [2.45, 2.75) is 43.5 Å². The van der Waals surface area contributed by atoms with Crippen LogP contribution in [0.3, 0.4) is 0 Å². The summed E-state index contributed by atoms with van der Waals surface area (Å²) in [6.07, 6.45) is 3.65. The van der Waals surface area contributed by atoms with Gasteiger partial charge < -0.3 is 0 Å². The molecule has 1 N–H and O–H groups in total. The molecule has 0 saturated carbocycles. The Hall–Kier alpha value is -2.42. The van der Waals surface area contributed by atoms with E-state index in [4.69, 9.17) is 10.5 Å². The van der Waals surface area contributed by atoms with Crippen LogP contribution >= 0.6 is 0 Å². The normalized spacial score (nSPS) is 18.2. The van der Waals surface area contributed by atoms with Crippen LogP contribution in [0.5, 0.6) is 0 Å². The molecular weight excluding hydrogens is 326 g/mol. The van der Waals surface area contributed by atoms with E-state index in [9.17, 15) is 8.42 Å². The van der Waals surface area contributed by atoms with E-state index in [1.807, 2.05) is 6.92 Å². The minimum Gasteiger partial charge on any atom is -0.277 e. The fourth-order valence-electron chi connectivity index (χ4n) is 2.73. The van der Waals surface area contributed by atoms with Gasteiger partial charge in [-0.3, -0.25) is 5.43 Å². The predicted octanol–water partition coefficient (Wildman–Crippen LogP) is 2.45. The number of anilines is 1. The molecule has 0 amide bonds. The van der Waals surface area contributed by atoms with E-state index in [1.54, 1.807) is 28.6 Å². The Bertz CT molecular complexity index is 771. The van der Waals surface area contributed by atoms with Crippen LogP contribution in [0, 0.1) is 22.7 Å². The molecule has 8 heteroatoms. The van der Waals surface area contributed by atoms with E-state index in [0.29, 0.717) is 12.2 Å². The topological polar surface area (TPSA) is 109 Å². The number of hydrogen-bond donors (Lipinski definition) is 1. The van der Waals surface area contributed by atoms with Gasteiger partial charge in [-0.05, 0) is 43.5 Å². The zero-order valence-electron chi connectivity index (χ0n) is 13.4. The van der Waals surface area contributed by atoms with Crippen molar-refractivity contribution in [3.8, 4) is 12.1 Å². The lowest BCUT2D eigenvalue weighted by atomic mass is 10.0. The number of hydrazone groups is 1. The van der Waals surface area contributed by atoms with Crippen LogP contribution in [-0.2, 0) is 10.0 Å². The molecular formula is C16H19N5O2S. The number of nitrogens with one attached hydrogen (secondary N) is 1. The third-order valence-electron chi connectivity index (χ3n) is 4.01. The summed E-state index contributed by atoms with van der Waals surface area (Å²) in [7, 11) is -3.52. The molecule has 24 heavy (non-hydrogen) atoms. The van der Waals surface area contributed by atoms with Crippen molar-refractivity contribution >= 4 is 21.4 Å². The Labute approximate surface area is 142 Å². The van der Waals surface area contributed by atoms with E-state index in [1.165, 1.54) is 12.1 Å². The molecule has 1 aromatic rings. The first-order chi connectivity index (χ1) is 11.5. The SMILES string of the molecule is CCC1CCCCN1S(=O)(=O)c1ccc(NN=C(C#N)C#N)cc1. The van der Waals surface area contributed by atoms with Crippen molar-refractivity contribution in [3.05, 3.63) is 24.3 Å². The molecule has 0 spiro atoms. The monoisotopic (exact) mass is 345 g/mol. The third-order valence-corrected chi connectivity index (χ3v) is 5.98. The molecule has 2 rings (SSSR count). The standard InChI is InChI=1S/C16H19N5O2S/c1-2-15-5-3-4-10-21(15)24(22,23)16-8-6-13(7-9-16)19-20-14(11-17)12-18/h6-9,15,19H,2-5,10H2,1H3. The fourth-order valence-corrected chi connectivity index (χ4v) is 4.50. The highest BCUT2D eigenvalue weighted by Crippen LogP contribution is 2.27. The highest BCUT2D eigenvalue weighted by molar-refractivity contribution is 7.89. The minimum atomic E-state index is -3.52. The Kier molecular flexibility index (Phi) is 5.91. The second kappa shape index (κ2) is 7.91. The van der Waals surface area contributed by atoms with Crippen LogP contribution in [0.2, 0.25) is 0 Å². The molecule has 0 bridgehead atoms. The van der Waals surface area contributed by atoms with Gasteiger partial charge in [-0.1, -0.05) is 13.3 Å². The summed E-state index contributed by atoms with van der Waals surface area (Å²) in [6.45, 7) is 2.56. The second-order valence-corrected chi connectivity index (χ2v) is 7.38. The molecule has 1 unspecified atom stereocenters. The van der Waals surface area contributed by atoms with E-state index in [-0.39, 0.29) is 16.6 Å². The summed E-state index contributed by atoms with van der Waals surface area (Å²) in [6, 6.07) is 9.47. The molecule has 1 aliphatic rings. The van der Waals surface area contributed by atoms with Gasteiger partial charge in [0, 0.05) is 12.6 Å². The maximum atomic E-state index is 12.8. The van der Waals surface area contributed by atoms with E-state index in [2.05, 4.69) is 10.5 Å². The summed E-state index contributed by atoms with van der Waals surface area (Å²) < 4.78 is 27.2. The number of nitrogens with zero attached hydrogens (tertiary/aromatic N) is 4. The molecule has 1 saturated heterocycles. The van der Waals surface area contributed by atoms with Gasteiger partial charge in [0.1, 0.15) is 12.1 Å². The van der Waals surface area contributed by atoms with Crippen LogP contribution < -0.4 is 5.43 Å². The van der Waals surface area contributed by atoms with Crippen molar-refractivity contribution in [2.75, 3.05) is 12.0 Å². The van der Waals surface area contributed by atoms with Crippen molar-refractivity contribution in [3.63, 3.8) is 0 Å². The average molecular weight is 345 g/mol. The van der Waals surface area contributed by atoms with Crippen LogP contribution in [0.25, 0.3) is 0 Å². The molecule has 7 nitrogen and oxygen atoms in total. The zero-order chi connectivity index (χ0) is 17.6. The summed E-state index contributed by atoms with van der Waals surface area (Å²) in [4.78, 5) is 0.234. The molecule has 126 valence electrons. The quantitative estimate of drug-likeness (QED) is 0.651. The van der Waals surface area contributed by atoms with Crippen molar-refractivity contribution in [1.82, 2.24) is 4.31 Å². The first kappa shape index (κ1) is 17.9. The Morgan fingerprint density at radius 3 is 2.54 bits per heavy atom. The minimum absolute atomic E-state index is 0.0555. The Morgan fingerprint density at radius 1 is 1.29 bits per heavy atom. The highest BCUT2D eigenvalue weighted by atomic mass is 32.2. The van der Waals surface area contributed by atoms with E-state index >= 15 is 0 Å². The van der Waals surface area contributed by atoms with Crippen LogP contribution in [-0.4, -0.2) is 31.0 Å². The van der Waals surface area contributed by atoms with Gasteiger partial charge in [0.05, 0.1) is 10.6 Å². The Morgan fingerprint density at radius 2 is 1.96 bits per heavy atom. The molecule has 1 fully saturated rings. The molecule has 1 heterocycles. The first-order valence-corrected chi connectivity index (χ1v) is 9.22. The first-order valence-electron chi connectivity index (χ1n) is 7.78. The van der Waals surface area contributed by atoms with Gasteiger partial charge in [-0.25, -0.2) is 8.42 Å². The van der Waals surface area contributed by atoms with Gasteiger partial charge in [0.2, 0.25) is 15.7 Å². The van der Waals surface area contributed by atoms with Gasteiger partial charge >= 0.3 is 0 Å². The lowest BCUT2D eigenvalue weighted by Gasteiger charge is -2.34. The number of benzene rings is 1. The number of sulfonamides is 1. The molecule has 1 aromatic carbocycles. The van der Waals surface area contributed by atoms with Gasteiger partial charge in [0.15, 0.2) is 0 Å². The summed E-state index contributed by atoms with van der Waals surface area (Å²) in [5.74, 6) is 0. The highest BCUT2D eigenvalue weighted by Gasteiger charge is 2.32. The molecule has 0 radical (unpaired) electrons. The molecule has 1 atom stereocenters. The predicted molar refractivity (Wildman–Crippen MR) is 90.5 cm³/mol. The number of hydrogen-bond acceptors (Lipinski definition) is 6. The van der Waals surface area contributed by atoms with E-state index in [0.717, 1.165) is 25.7 Å². The van der Waals surface area contributed by atoms with Gasteiger partial charge in [-0.2, -0.15) is 19.9 Å². The molecule has 1 aliphatic heterocycles. The molecule has 0 aliphatic carbocycles. The van der Waals surface area contributed by atoms with Crippen LogP contribution in [0.15, 0.2) is 34.3 Å². The fraction of sp³-hybridized carbons (Fsp3) is 0.438. The van der Waals surface area contributed by atoms with E-state index < -0.39 is 10.0 Å². The lowest BCUT2D eigenvalue weighted by Crippen LogP contribution is -2.43. The summed E-state index contributed by atoms with van der Waals surface area (Å²) >= 11 is 0. The molecule has 0 aromatic heterocycles. The zero-order valence-corrected chi connectivity index (χ0v) is 14.3. The van der Waals surface area contributed by atoms with Crippen molar-refractivity contribution < 1.29 is 8.42 Å². The van der Waals surface area contributed by atoms with Gasteiger partial charge in [-0.15, -0.1) is 0 Å². The number of rotatable bonds is 5. The maximum absolute atomic E-state index is 12.8. The summed E-state index contributed by atoms with van der Waals surface area (Å²) in [5.41, 5.74) is 2.76. The van der Waals surface area contributed by atoms with Crippen molar-refractivity contribution in [1.29, 1.82) is 10.5 Å². The van der Waals surface area contributed by atoms with Crippen molar-refractivity contribution in [2.24, 2.45) is 5.10 Å². The van der Waals surface area contributed by atoms with Crippen LogP contribution in [0.1, 0.15) is 32.6 Å². The summed E-state index contributed by atoms with van der Waals surface area (Å²) in [5, 5.41) is 20.9. The number of piperidine rings is 1. The lowest BCUT2D eigenvalue weighted by molar-refractivity contribution is 0.246. The largest absolute Gasteiger partial charge is 0.277 e. The Balaban J connectivity index is 2.19. The third kappa shape index (κ3) is 3.91. The smallest absolute Gasteiger partial charge is 0.243 e. The number of nitriles is 2. The maximum Gasteiger partial charge on any atom is 0.243 e. The van der Waals surface area contributed by atoms with Crippen LogP contribution in [0.4, 0.5) is 5.69 Å². The average Bonchev–Trinajstić information content (AvgIpc) is 2.63.